The molecule has 1 aliphatic rings. The standard InChI is InChI=1S/C26H32N4O3/c1-16(2)19-7-5-18(6-8-19)11-12-27-24(31)15-33-26(32)21-13-23(20-9-10-20)29-25-22(21)14-28-30(25)17(3)4/h5-8,13-14,16-17,20H,9-12,15H2,1-4H3,(H,27,31). The molecule has 1 amide bonds. The van der Waals surface area contributed by atoms with Gasteiger partial charge in [0.05, 0.1) is 17.1 Å². The molecular formula is C26H32N4O3. The van der Waals surface area contributed by atoms with E-state index in [0.717, 1.165) is 30.5 Å². The van der Waals surface area contributed by atoms with Gasteiger partial charge in [-0.1, -0.05) is 38.1 Å². The van der Waals surface area contributed by atoms with E-state index < -0.39 is 5.97 Å². The number of fused-ring (bicyclic) bond motifs is 1. The molecule has 1 N–H and O–H groups in total. The lowest BCUT2D eigenvalue weighted by atomic mass is 10.0. The lowest BCUT2D eigenvalue weighted by Crippen LogP contribution is -2.30. The third-order valence-corrected chi connectivity index (χ3v) is 6.01. The molecule has 2 aromatic heterocycles. The molecule has 0 radical (unpaired) electrons. The van der Waals surface area contributed by atoms with Crippen molar-refractivity contribution >= 4 is 22.9 Å². The van der Waals surface area contributed by atoms with E-state index in [1.807, 2.05) is 18.5 Å². The highest BCUT2D eigenvalue weighted by molar-refractivity contribution is 6.03. The minimum atomic E-state index is -0.521. The van der Waals surface area contributed by atoms with Gasteiger partial charge >= 0.3 is 5.97 Å². The van der Waals surface area contributed by atoms with E-state index >= 15 is 0 Å². The van der Waals surface area contributed by atoms with Gasteiger partial charge in [-0.3, -0.25) is 4.79 Å². The van der Waals surface area contributed by atoms with Gasteiger partial charge in [-0.2, -0.15) is 5.10 Å². The molecule has 3 aromatic rings. The summed E-state index contributed by atoms with van der Waals surface area (Å²) < 4.78 is 7.17. The number of hydrogen-bond donors (Lipinski definition) is 1. The molecule has 33 heavy (non-hydrogen) atoms. The lowest BCUT2D eigenvalue weighted by molar-refractivity contribution is -0.124. The fourth-order valence-corrected chi connectivity index (χ4v) is 3.85. The van der Waals surface area contributed by atoms with Gasteiger partial charge in [0.1, 0.15) is 0 Å². The van der Waals surface area contributed by atoms with Crippen molar-refractivity contribution in [3.63, 3.8) is 0 Å². The van der Waals surface area contributed by atoms with Crippen molar-refractivity contribution in [1.29, 1.82) is 0 Å². The van der Waals surface area contributed by atoms with Crippen molar-refractivity contribution in [3.05, 3.63) is 58.9 Å². The molecule has 1 fully saturated rings. The molecule has 1 saturated carbocycles. The number of ether oxygens (including phenoxy) is 1. The van der Waals surface area contributed by atoms with E-state index in [0.29, 0.717) is 35.0 Å². The zero-order valence-corrected chi connectivity index (χ0v) is 19.8. The Kier molecular flexibility index (Phi) is 6.77. The van der Waals surface area contributed by atoms with E-state index in [-0.39, 0.29) is 18.6 Å². The van der Waals surface area contributed by atoms with Crippen LogP contribution >= 0.6 is 0 Å². The van der Waals surface area contributed by atoms with Crippen LogP contribution in [-0.2, 0) is 16.0 Å². The lowest BCUT2D eigenvalue weighted by Gasteiger charge is -2.11. The minimum absolute atomic E-state index is 0.126. The molecule has 0 saturated heterocycles. The highest BCUT2D eigenvalue weighted by Gasteiger charge is 2.28. The first-order valence-electron chi connectivity index (χ1n) is 11.7. The minimum Gasteiger partial charge on any atom is -0.452 e. The second-order valence-electron chi connectivity index (χ2n) is 9.36. The number of rotatable bonds is 9. The largest absolute Gasteiger partial charge is 0.452 e. The van der Waals surface area contributed by atoms with Crippen LogP contribution in [0.1, 0.15) is 85.6 Å². The van der Waals surface area contributed by atoms with E-state index in [1.165, 1.54) is 5.56 Å². The monoisotopic (exact) mass is 448 g/mol. The van der Waals surface area contributed by atoms with E-state index in [4.69, 9.17) is 9.72 Å². The Hall–Kier alpha value is -3.22. The Morgan fingerprint density at radius 1 is 1.15 bits per heavy atom. The van der Waals surface area contributed by atoms with Gasteiger partial charge < -0.3 is 10.1 Å². The number of hydrogen-bond acceptors (Lipinski definition) is 5. The number of pyridine rings is 1. The smallest absolute Gasteiger partial charge is 0.339 e. The molecule has 0 aliphatic heterocycles. The number of nitrogens with zero attached hydrogens (tertiary/aromatic N) is 3. The Balaban J connectivity index is 1.35. The zero-order chi connectivity index (χ0) is 23.5. The summed E-state index contributed by atoms with van der Waals surface area (Å²) in [5.41, 5.74) is 4.46. The van der Waals surface area contributed by atoms with Crippen molar-refractivity contribution in [2.24, 2.45) is 0 Å². The summed E-state index contributed by atoms with van der Waals surface area (Å²) in [5.74, 6) is 0.0456. The summed E-state index contributed by atoms with van der Waals surface area (Å²) in [7, 11) is 0. The SMILES string of the molecule is CC(C)c1ccc(CCNC(=O)COC(=O)c2cc(C3CC3)nc3c2cnn3C(C)C)cc1. The molecule has 174 valence electrons. The molecule has 7 heteroatoms. The van der Waals surface area contributed by atoms with Crippen molar-refractivity contribution in [2.45, 2.75) is 64.8 Å². The average Bonchev–Trinajstić information content (AvgIpc) is 3.55. The first-order chi connectivity index (χ1) is 15.8. The van der Waals surface area contributed by atoms with Crippen LogP contribution < -0.4 is 5.32 Å². The van der Waals surface area contributed by atoms with Crippen LogP contribution in [0.5, 0.6) is 0 Å². The molecular weight excluding hydrogens is 416 g/mol. The van der Waals surface area contributed by atoms with Gasteiger partial charge in [-0.05, 0) is 56.2 Å². The van der Waals surface area contributed by atoms with Crippen molar-refractivity contribution in [2.75, 3.05) is 13.2 Å². The maximum atomic E-state index is 12.9. The molecule has 1 aliphatic carbocycles. The number of aromatic nitrogens is 3. The second-order valence-corrected chi connectivity index (χ2v) is 9.36. The van der Waals surface area contributed by atoms with Crippen molar-refractivity contribution in [3.8, 4) is 0 Å². The normalized spacial score (nSPS) is 13.6. The summed E-state index contributed by atoms with van der Waals surface area (Å²) in [6, 6.07) is 10.3. The molecule has 0 bridgehead atoms. The summed E-state index contributed by atoms with van der Waals surface area (Å²) in [4.78, 5) is 29.8. The Labute approximate surface area is 194 Å². The molecule has 1 aromatic carbocycles. The van der Waals surface area contributed by atoms with E-state index in [2.05, 4.69) is 48.5 Å². The maximum absolute atomic E-state index is 12.9. The second kappa shape index (κ2) is 9.73. The average molecular weight is 449 g/mol. The molecule has 4 rings (SSSR count). The predicted molar refractivity (Wildman–Crippen MR) is 127 cm³/mol. The van der Waals surface area contributed by atoms with Gasteiger partial charge in [-0.25, -0.2) is 14.5 Å². The van der Waals surface area contributed by atoms with Crippen LogP contribution in [-0.4, -0.2) is 39.8 Å². The summed E-state index contributed by atoms with van der Waals surface area (Å²) in [5, 5.41) is 7.89. The third-order valence-electron chi connectivity index (χ3n) is 6.01. The fraction of sp³-hybridized carbons (Fsp3) is 0.462. The third kappa shape index (κ3) is 5.41. The van der Waals surface area contributed by atoms with Crippen LogP contribution in [0.2, 0.25) is 0 Å². The van der Waals surface area contributed by atoms with Gasteiger partial charge in [0, 0.05) is 24.2 Å². The number of nitrogens with one attached hydrogen (secondary N) is 1. The van der Waals surface area contributed by atoms with Gasteiger partial charge in [0.25, 0.3) is 5.91 Å². The maximum Gasteiger partial charge on any atom is 0.339 e. The van der Waals surface area contributed by atoms with E-state index in [9.17, 15) is 9.59 Å². The van der Waals surface area contributed by atoms with Gasteiger partial charge in [0.2, 0.25) is 0 Å². The summed E-state index contributed by atoms with van der Waals surface area (Å²) >= 11 is 0. The fourth-order valence-electron chi connectivity index (χ4n) is 3.85. The van der Waals surface area contributed by atoms with E-state index in [1.54, 1.807) is 12.3 Å². The molecule has 7 nitrogen and oxygen atoms in total. The molecule has 0 atom stereocenters. The Morgan fingerprint density at radius 2 is 1.88 bits per heavy atom. The van der Waals surface area contributed by atoms with Gasteiger partial charge in [-0.15, -0.1) is 0 Å². The van der Waals surface area contributed by atoms with Crippen LogP contribution in [0.3, 0.4) is 0 Å². The highest BCUT2D eigenvalue weighted by Crippen LogP contribution is 2.40. The Bertz CT molecular complexity index is 1140. The zero-order valence-electron chi connectivity index (χ0n) is 19.8. The number of benzene rings is 1. The predicted octanol–water partition coefficient (Wildman–Crippen LogP) is 4.53. The van der Waals surface area contributed by atoms with Crippen molar-refractivity contribution in [1.82, 2.24) is 20.1 Å². The van der Waals surface area contributed by atoms with Crippen LogP contribution in [0.4, 0.5) is 0 Å². The molecule has 0 unspecified atom stereocenters. The number of esters is 1. The highest BCUT2D eigenvalue weighted by atomic mass is 16.5. The van der Waals surface area contributed by atoms with Gasteiger partial charge in [0.15, 0.2) is 12.3 Å². The van der Waals surface area contributed by atoms with Crippen molar-refractivity contribution < 1.29 is 14.3 Å². The summed E-state index contributed by atoms with van der Waals surface area (Å²) in [6.07, 6.45) is 4.53. The van der Waals surface area contributed by atoms with Crippen LogP contribution in [0.25, 0.3) is 11.0 Å². The first-order valence-corrected chi connectivity index (χ1v) is 11.7. The molecule has 0 spiro atoms. The topological polar surface area (TPSA) is 86.1 Å². The Morgan fingerprint density at radius 3 is 2.52 bits per heavy atom. The number of amides is 1. The number of carbonyl (C=O) groups excluding carboxylic acids is 2. The van der Waals surface area contributed by atoms with Crippen LogP contribution in [0.15, 0.2) is 36.5 Å². The first kappa shape index (κ1) is 23.0. The van der Waals surface area contributed by atoms with Crippen LogP contribution in [0, 0.1) is 0 Å². The molecule has 2 heterocycles. The number of carbonyl (C=O) groups is 2. The quantitative estimate of drug-likeness (QED) is 0.486. The summed E-state index contributed by atoms with van der Waals surface area (Å²) in [6.45, 7) is 8.56.